The zero-order valence-electron chi connectivity index (χ0n) is 10.5. The van der Waals surface area contributed by atoms with Crippen molar-refractivity contribution in [3.8, 4) is 0 Å². The number of hydrogen-bond acceptors (Lipinski definition) is 3. The van der Waals surface area contributed by atoms with E-state index in [0.717, 1.165) is 30.5 Å². The molecule has 1 heterocycles. The third-order valence-corrected chi connectivity index (χ3v) is 3.45. The number of rotatable bonds is 3. The van der Waals surface area contributed by atoms with Crippen molar-refractivity contribution >= 4 is 5.91 Å². The fourth-order valence-electron chi connectivity index (χ4n) is 2.27. The minimum atomic E-state index is -0.182. The lowest BCUT2D eigenvalue weighted by Crippen LogP contribution is -2.37. The minimum absolute atomic E-state index is 0.00731. The number of amides is 1. The summed E-state index contributed by atoms with van der Waals surface area (Å²) in [4.78, 5) is 26.0. The van der Waals surface area contributed by atoms with Crippen molar-refractivity contribution < 1.29 is 4.79 Å². The summed E-state index contributed by atoms with van der Waals surface area (Å²) in [6, 6.07) is 3.31. The van der Waals surface area contributed by atoms with Gasteiger partial charge in [-0.3, -0.25) is 9.59 Å². The Bertz CT molecular complexity index is 495. The summed E-state index contributed by atoms with van der Waals surface area (Å²) in [6.45, 7) is 2.16. The number of carbonyl (C=O) groups excluding carboxylic acids is 1. The van der Waals surface area contributed by atoms with Crippen molar-refractivity contribution in [2.45, 2.75) is 32.2 Å². The zero-order chi connectivity index (χ0) is 13.1. The Kier molecular flexibility index (Phi) is 3.81. The highest BCUT2D eigenvalue weighted by atomic mass is 16.2. The van der Waals surface area contributed by atoms with E-state index in [1.807, 2.05) is 13.0 Å². The summed E-state index contributed by atoms with van der Waals surface area (Å²) >= 11 is 0. The Hall–Kier alpha value is -1.62. The van der Waals surface area contributed by atoms with Gasteiger partial charge in [-0.15, -0.1) is 0 Å². The second-order valence-electron chi connectivity index (χ2n) is 4.85. The summed E-state index contributed by atoms with van der Waals surface area (Å²) in [6.07, 6.45) is 2.74. The minimum Gasteiger partial charge on any atom is -0.349 e. The SMILES string of the molecule is CC(CN)C(=O)NC1CCCc2[nH]c(=O)ccc21. The fourth-order valence-corrected chi connectivity index (χ4v) is 2.27. The molecule has 98 valence electrons. The Labute approximate surface area is 106 Å². The van der Waals surface area contributed by atoms with Crippen molar-refractivity contribution in [2.24, 2.45) is 11.7 Å². The Morgan fingerprint density at radius 3 is 3.11 bits per heavy atom. The first kappa shape index (κ1) is 12.8. The molecular weight excluding hydrogens is 230 g/mol. The smallest absolute Gasteiger partial charge is 0.248 e. The number of nitrogens with two attached hydrogens (primary N) is 1. The third-order valence-electron chi connectivity index (χ3n) is 3.45. The molecule has 1 aromatic rings. The number of pyridine rings is 1. The van der Waals surface area contributed by atoms with Gasteiger partial charge in [0, 0.05) is 24.2 Å². The van der Waals surface area contributed by atoms with Crippen LogP contribution in [0.2, 0.25) is 0 Å². The van der Waals surface area contributed by atoms with Crippen molar-refractivity contribution in [2.75, 3.05) is 6.54 Å². The molecule has 2 rings (SSSR count). The number of fused-ring (bicyclic) bond motifs is 1. The van der Waals surface area contributed by atoms with Gasteiger partial charge < -0.3 is 16.0 Å². The van der Waals surface area contributed by atoms with Crippen molar-refractivity contribution in [1.82, 2.24) is 10.3 Å². The fraction of sp³-hybridized carbons (Fsp3) is 0.538. The van der Waals surface area contributed by atoms with Crippen LogP contribution in [0.1, 0.15) is 37.1 Å². The Morgan fingerprint density at radius 2 is 2.39 bits per heavy atom. The maximum absolute atomic E-state index is 11.9. The lowest BCUT2D eigenvalue weighted by molar-refractivity contribution is -0.125. The highest BCUT2D eigenvalue weighted by molar-refractivity contribution is 5.79. The Balaban J connectivity index is 2.18. The van der Waals surface area contributed by atoms with Crippen LogP contribution in [-0.4, -0.2) is 17.4 Å². The van der Waals surface area contributed by atoms with Gasteiger partial charge in [0.15, 0.2) is 0 Å². The van der Waals surface area contributed by atoms with Gasteiger partial charge in [0.2, 0.25) is 11.5 Å². The molecule has 2 atom stereocenters. The van der Waals surface area contributed by atoms with Crippen LogP contribution in [0.5, 0.6) is 0 Å². The molecule has 5 heteroatoms. The van der Waals surface area contributed by atoms with Gasteiger partial charge in [0.25, 0.3) is 0 Å². The zero-order valence-corrected chi connectivity index (χ0v) is 10.5. The number of aryl methyl sites for hydroxylation is 1. The number of hydrogen-bond donors (Lipinski definition) is 3. The topological polar surface area (TPSA) is 88.0 Å². The highest BCUT2D eigenvalue weighted by Crippen LogP contribution is 2.27. The first-order valence-electron chi connectivity index (χ1n) is 6.34. The van der Waals surface area contributed by atoms with E-state index in [-0.39, 0.29) is 23.4 Å². The molecule has 5 nitrogen and oxygen atoms in total. The van der Waals surface area contributed by atoms with Crippen LogP contribution >= 0.6 is 0 Å². The average molecular weight is 249 g/mol. The van der Waals surface area contributed by atoms with Crippen molar-refractivity contribution in [3.05, 3.63) is 33.7 Å². The van der Waals surface area contributed by atoms with Crippen LogP contribution in [0.25, 0.3) is 0 Å². The number of carbonyl (C=O) groups is 1. The van der Waals surface area contributed by atoms with Gasteiger partial charge in [-0.25, -0.2) is 0 Å². The number of nitrogens with one attached hydrogen (secondary N) is 2. The predicted molar refractivity (Wildman–Crippen MR) is 69.1 cm³/mol. The molecule has 4 N–H and O–H groups in total. The van der Waals surface area contributed by atoms with E-state index in [1.54, 1.807) is 0 Å². The van der Waals surface area contributed by atoms with Gasteiger partial charge in [-0.05, 0) is 30.9 Å². The molecule has 1 amide bonds. The molecule has 0 saturated carbocycles. The monoisotopic (exact) mass is 249 g/mol. The molecule has 2 unspecified atom stereocenters. The molecule has 0 aliphatic heterocycles. The highest BCUT2D eigenvalue weighted by Gasteiger charge is 2.23. The first-order valence-corrected chi connectivity index (χ1v) is 6.34. The standard InChI is InChI=1S/C13H19N3O2/c1-8(7-14)13(18)16-11-4-2-3-10-9(11)5-6-12(17)15-10/h5-6,8,11H,2-4,7,14H2,1H3,(H,15,17)(H,16,18). The maximum Gasteiger partial charge on any atom is 0.248 e. The second kappa shape index (κ2) is 5.35. The molecule has 0 bridgehead atoms. The average Bonchev–Trinajstić information content (AvgIpc) is 2.37. The van der Waals surface area contributed by atoms with E-state index < -0.39 is 0 Å². The molecule has 0 aromatic carbocycles. The summed E-state index contributed by atoms with van der Waals surface area (Å²) in [5.74, 6) is -0.209. The second-order valence-corrected chi connectivity index (χ2v) is 4.85. The van der Waals surface area contributed by atoms with Crippen LogP contribution < -0.4 is 16.6 Å². The van der Waals surface area contributed by atoms with Crippen LogP contribution in [-0.2, 0) is 11.2 Å². The van der Waals surface area contributed by atoms with Gasteiger partial charge in [0.05, 0.1) is 6.04 Å². The summed E-state index contributed by atoms with van der Waals surface area (Å²) in [7, 11) is 0. The first-order chi connectivity index (χ1) is 8.61. The molecule has 1 aliphatic carbocycles. The van der Waals surface area contributed by atoms with Crippen LogP contribution in [0, 0.1) is 5.92 Å². The van der Waals surface area contributed by atoms with E-state index >= 15 is 0 Å². The lowest BCUT2D eigenvalue weighted by Gasteiger charge is -2.26. The van der Waals surface area contributed by atoms with E-state index in [2.05, 4.69) is 10.3 Å². The van der Waals surface area contributed by atoms with Crippen LogP contribution in [0.4, 0.5) is 0 Å². The van der Waals surface area contributed by atoms with E-state index in [1.165, 1.54) is 6.07 Å². The number of H-pyrrole nitrogens is 1. The molecule has 0 saturated heterocycles. The molecule has 1 aromatic heterocycles. The van der Waals surface area contributed by atoms with Gasteiger partial charge >= 0.3 is 0 Å². The molecule has 0 fully saturated rings. The van der Waals surface area contributed by atoms with Crippen molar-refractivity contribution in [3.63, 3.8) is 0 Å². The third kappa shape index (κ3) is 2.61. The molecule has 1 aliphatic rings. The number of aromatic nitrogens is 1. The summed E-state index contributed by atoms with van der Waals surface area (Å²) < 4.78 is 0. The normalized spacial score (nSPS) is 20.0. The summed E-state index contributed by atoms with van der Waals surface area (Å²) in [5.41, 5.74) is 7.37. The van der Waals surface area contributed by atoms with Crippen molar-refractivity contribution in [1.29, 1.82) is 0 Å². The molecular formula is C13H19N3O2. The molecule has 0 radical (unpaired) electrons. The van der Waals surface area contributed by atoms with Crippen LogP contribution in [0.15, 0.2) is 16.9 Å². The lowest BCUT2D eigenvalue weighted by atomic mass is 9.91. The van der Waals surface area contributed by atoms with Gasteiger partial charge in [-0.2, -0.15) is 0 Å². The van der Waals surface area contributed by atoms with E-state index in [0.29, 0.717) is 6.54 Å². The summed E-state index contributed by atoms with van der Waals surface area (Å²) in [5, 5.41) is 3.00. The quantitative estimate of drug-likeness (QED) is 0.727. The van der Waals surface area contributed by atoms with E-state index in [9.17, 15) is 9.59 Å². The Morgan fingerprint density at radius 1 is 1.61 bits per heavy atom. The van der Waals surface area contributed by atoms with E-state index in [4.69, 9.17) is 5.73 Å². The molecule has 0 spiro atoms. The van der Waals surface area contributed by atoms with Crippen LogP contribution in [0.3, 0.4) is 0 Å². The van der Waals surface area contributed by atoms with Gasteiger partial charge in [-0.1, -0.05) is 6.92 Å². The molecule has 18 heavy (non-hydrogen) atoms. The van der Waals surface area contributed by atoms with Gasteiger partial charge in [0.1, 0.15) is 0 Å². The maximum atomic E-state index is 11.9. The predicted octanol–water partition coefficient (Wildman–Crippen LogP) is 0.463. The number of aromatic amines is 1. The largest absolute Gasteiger partial charge is 0.349 e.